The highest BCUT2D eigenvalue weighted by molar-refractivity contribution is 7.17. The molecule has 4 rings (SSSR count). The van der Waals surface area contributed by atoms with E-state index in [0.29, 0.717) is 16.5 Å². The molecule has 0 aliphatic heterocycles. The summed E-state index contributed by atoms with van der Waals surface area (Å²) < 4.78 is 15.0. The van der Waals surface area contributed by atoms with Gasteiger partial charge in [0.2, 0.25) is 0 Å². The number of fused-ring (bicyclic) bond motifs is 1. The third kappa shape index (κ3) is 2.93. The Hall–Kier alpha value is -1.88. The first-order chi connectivity index (χ1) is 11.6. The van der Waals surface area contributed by atoms with E-state index in [4.69, 9.17) is 23.2 Å². The molecular formula is C18H11Cl2FN2S. The highest BCUT2D eigenvalue weighted by Gasteiger charge is 2.11. The molecule has 0 amide bonds. The van der Waals surface area contributed by atoms with Gasteiger partial charge < -0.3 is 0 Å². The number of thiazole rings is 1. The third-order valence-corrected chi connectivity index (χ3v) is 5.59. The summed E-state index contributed by atoms with van der Waals surface area (Å²) in [6.07, 6.45) is 4.69. The molecule has 120 valence electrons. The Morgan fingerprint density at radius 1 is 1.04 bits per heavy atom. The fourth-order valence-electron chi connectivity index (χ4n) is 2.56. The van der Waals surface area contributed by atoms with Gasteiger partial charge in [-0.25, -0.2) is 9.37 Å². The Balaban J connectivity index is 1.64. The average molecular weight is 377 g/mol. The van der Waals surface area contributed by atoms with Crippen molar-refractivity contribution in [3.63, 3.8) is 0 Å². The predicted octanol–water partition coefficient (Wildman–Crippen LogP) is 6.10. The van der Waals surface area contributed by atoms with E-state index in [9.17, 15) is 4.39 Å². The van der Waals surface area contributed by atoms with Crippen LogP contribution in [0.4, 0.5) is 4.39 Å². The highest BCUT2D eigenvalue weighted by Crippen LogP contribution is 2.30. The van der Waals surface area contributed by atoms with Crippen molar-refractivity contribution in [3.05, 3.63) is 81.2 Å². The summed E-state index contributed by atoms with van der Waals surface area (Å²) in [5, 5.41) is 1.16. The van der Waals surface area contributed by atoms with Crippen LogP contribution in [0.1, 0.15) is 10.4 Å². The number of aromatic nitrogens is 2. The number of halogens is 3. The molecule has 4 aromatic rings. The number of imidazole rings is 1. The average Bonchev–Trinajstić information content (AvgIpc) is 3.11. The lowest BCUT2D eigenvalue weighted by Crippen LogP contribution is -1.87. The first-order valence-electron chi connectivity index (χ1n) is 7.26. The van der Waals surface area contributed by atoms with Gasteiger partial charge >= 0.3 is 0 Å². The number of hydrogen-bond acceptors (Lipinski definition) is 2. The Bertz CT molecular complexity index is 990. The van der Waals surface area contributed by atoms with Crippen molar-refractivity contribution >= 4 is 39.5 Å². The fourth-order valence-corrected chi connectivity index (χ4v) is 3.93. The smallest absolute Gasteiger partial charge is 0.194 e. The Morgan fingerprint density at radius 3 is 2.58 bits per heavy atom. The van der Waals surface area contributed by atoms with Crippen molar-refractivity contribution < 1.29 is 4.39 Å². The summed E-state index contributed by atoms with van der Waals surface area (Å²) in [5.41, 5.74) is 2.72. The molecule has 2 heterocycles. The zero-order valence-electron chi connectivity index (χ0n) is 12.3. The standard InChI is InChI=1S/C18H11Cl2FN2S/c19-15-3-1-2-12(17(15)20)8-14-9-23-10-16(22-18(23)24-14)11-4-6-13(21)7-5-11/h1-7,9-10H,8H2. The summed E-state index contributed by atoms with van der Waals surface area (Å²) in [4.78, 5) is 6.65. The molecule has 2 aromatic carbocycles. The van der Waals surface area contributed by atoms with Gasteiger partial charge in [-0.15, -0.1) is 11.3 Å². The second kappa shape index (κ2) is 6.20. The van der Waals surface area contributed by atoms with Gasteiger partial charge in [-0.05, 0) is 35.9 Å². The van der Waals surface area contributed by atoms with E-state index in [1.807, 2.05) is 28.9 Å². The lowest BCUT2D eigenvalue weighted by molar-refractivity contribution is 0.628. The largest absolute Gasteiger partial charge is 0.297 e. The number of benzene rings is 2. The molecule has 2 aromatic heterocycles. The normalized spacial score (nSPS) is 11.3. The molecule has 2 nitrogen and oxygen atoms in total. The molecule has 0 saturated heterocycles. The number of rotatable bonds is 3. The lowest BCUT2D eigenvalue weighted by atomic mass is 10.1. The van der Waals surface area contributed by atoms with Crippen LogP contribution in [0.2, 0.25) is 10.0 Å². The predicted molar refractivity (Wildman–Crippen MR) is 97.7 cm³/mol. The van der Waals surface area contributed by atoms with Gasteiger partial charge in [0.05, 0.1) is 15.7 Å². The summed E-state index contributed by atoms with van der Waals surface area (Å²) in [7, 11) is 0. The van der Waals surface area contributed by atoms with Crippen molar-refractivity contribution in [1.82, 2.24) is 9.38 Å². The first-order valence-corrected chi connectivity index (χ1v) is 8.83. The van der Waals surface area contributed by atoms with Crippen molar-refractivity contribution in [3.8, 4) is 11.3 Å². The maximum absolute atomic E-state index is 13.0. The Labute approximate surface area is 152 Å². The van der Waals surface area contributed by atoms with Crippen LogP contribution in [0.25, 0.3) is 16.2 Å². The molecule has 0 N–H and O–H groups in total. The molecule has 0 radical (unpaired) electrons. The zero-order chi connectivity index (χ0) is 16.7. The zero-order valence-corrected chi connectivity index (χ0v) is 14.7. The molecule has 0 spiro atoms. The van der Waals surface area contributed by atoms with Crippen LogP contribution in [-0.4, -0.2) is 9.38 Å². The van der Waals surface area contributed by atoms with Crippen LogP contribution < -0.4 is 0 Å². The maximum Gasteiger partial charge on any atom is 0.194 e. The van der Waals surface area contributed by atoms with E-state index < -0.39 is 0 Å². The second-order valence-corrected chi connectivity index (χ2v) is 7.29. The van der Waals surface area contributed by atoms with Crippen LogP contribution >= 0.6 is 34.5 Å². The lowest BCUT2D eigenvalue weighted by Gasteiger charge is -2.03. The number of nitrogens with zero attached hydrogens (tertiary/aromatic N) is 2. The van der Waals surface area contributed by atoms with Crippen molar-refractivity contribution in [2.24, 2.45) is 0 Å². The van der Waals surface area contributed by atoms with Crippen molar-refractivity contribution in [1.29, 1.82) is 0 Å². The van der Waals surface area contributed by atoms with E-state index in [-0.39, 0.29) is 5.82 Å². The third-order valence-electron chi connectivity index (χ3n) is 3.74. The minimum Gasteiger partial charge on any atom is -0.297 e. The Morgan fingerprint density at radius 2 is 1.83 bits per heavy atom. The van der Waals surface area contributed by atoms with Crippen LogP contribution in [0, 0.1) is 5.82 Å². The van der Waals surface area contributed by atoms with Gasteiger partial charge in [-0.2, -0.15) is 0 Å². The summed E-state index contributed by atoms with van der Waals surface area (Å²) in [5.74, 6) is -0.250. The second-order valence-electron chi connectivity index (χ2n) is 5.41. The molecule has 0 fully saturated rings. The van der Waals surface area contributed by atoms with Crippen molar-refractivity contribution in [2.45, 2.75) is 6.42 Å². The Kier molecular flexibility index (Phi) is 4.04. The molecule has 6 heteroatoms. The molecule has 0 aliphatic rings. The van der Waals surface area contributed by atoms with E-state index in [0.717, 1.165) is 26.7 Å². The summed E-state index contributed by atoms with van der Waals surface area (Å²) in [6, 6.07) is 12.0. The molecule has 0 bridgehead atoms. The minimum absolute atomic E-state index is 0.250. The minimum atomic E-state index is -0.250. The van der Waals surface area contributed by atoms with Gasteiger partial charge in [0, 0.05) is 29.3 Å². The highest BCUT2D eigenvalue weighted by atomic mass is 35.5. The van der Waals surface area contributed by atoms with Gasteiger partial charge in [0.1, 0.15) is 5.82 Å². The SMILES string of the molecule is Fc1ccc(-c2cn3cc(Cc4cccc(Cl)c4Cl)sc3n2)cc1. The van der Waals surface area contributed by atoms with Crippen LogP contribution in [0.3, 0.4) is 0 Å². The van der Waals surface area contributed by atoms with Crippen LogP contribution in [0.15, 0.2) is 54.9 Å². The van der Waals surface area contributed by atoms with E-state index in [1.54, 1.807) is 29.5 Å². The summed E-state index contributed by atoms with van der Waals surface area (Å²) in [6.45, 7) is 0. The maximum atomic E-state index is 13.0. The van der Waals surface area contributed by atoms with Crippen LogP contribution in [0.5, 0.6) is 0 Å². The van der Waals surface area contributed by atoms with E-state index >= 15 is 0 Å². The quantitative estimate of drug-likeness (QED) is 0.422. The first kappa shape index (κ1) is 15.6. The van der Waals surface area contributed by atoms with Crippen LogP contribution in [-0.2, 0) is 6.42 Å². The molecule has 0 aliphatic carbocycles. The van der Waals surface area contributed by atoms with Gasteiger partial charge in [0.15, 0.2) is 4.96 Å². The van der Waals surface area contributed by atoms with E-state index in [1.165, 1.54) is 12.1 Å². The van der Waals surface area contributed by atoms with E-state index in [2.05, 4.69) is 4.98 Å². The molecule has 0 saturated carbocycles. The van der Waals surface area contributed by atoms with Gasteiger partial charge in [-0.1, -0.05) is 35.3 Å². The summed E-state index contributed by atoms with van der Waals surface area (Å²) >= 11 is 13.9. The van der Waals surface area contributed by atoms with Crippen molar-refractivity contribution in [2.75, 3.05) is 0 Å². The fraction of sp³-hybridized carbons (Fsp3) is 0.0556. The monoisotopic (exact) mass is 376 g/mol. The topological polar surface area (TPSA) is 17.3 Å². The molecule has 0 atom stereocenters. The molecular weight excluding hydrogens is 366 g/mol. The van der Waals surface area contributed by atoms with Gasteiger partial charge in [-0.3, -0.25) is 4.40 Å². The van der Waals surface area contributed by atoms with Gasteiger partial charge in [0.25, 0.3) is 0 Å². The number of hydrogen-bond donors (Lipinski definition) is 0. The molecule has 24 heavy (non-hydrogen) atoms. The molecule has 0 unspecified atom stereocenters.